The average molecular weight is 219 g/mol. The van der Waals surface area contributed by atoms with Crippen LogP contribution in [0, 0.1) is 23.7 Å². The molecule has 1 nitrogen and oxygen atoms in total. The summed E-state index contributed by atoms with van der Waals surface area (Å²) in [6.07, 6.45) is 13.7. The Morgan fingerprint density at radius 2 is 2.12 bits per heavy atom. The molecule has 2 bridgehead atoms. The summed E-state index contributed by atoms with van der Waals surface area (Å²) >= 11 is 0. The minimum Gasteiger partial charge on any atom is -0.314 e. The minimum atomic E-state index is 0.736. The first-order valence-corrected chi connectivity index (χ1v) is 7.24. The Bertz CT molecular complexity index is 267. The van der Waals surface area contributed by atoms with Crippen LogP contribution in [0.15, 0.2) is 12.2 Å². The number of fused-ring (bicyclic) bond motifs is 2. The van der Waals surface area contributed by atoms with Gasteiger partial charge < -0.3 is 5.32 Å². The van der Waals surface area contributed by atoms with Crippen molar-refractivity contribution >= 4 is 0 Å². The highest BCUT2D eigenvalue weighted by atomic mass is 14.9. The standard InChI is InChI=1S/C15H25N/c1-11(16-8-7-12-3-2-4-12)15-10-13-5-6-14(15)9-13/h5-6,11-16H,2-4,7-10H2,1H3. The summed E-state index contributed by atoms with van der Waals surface area (Å²) in [6, 6.07) is 0.736. The number of nitrogens with one attached hydrogen (secondary N) is 1. The Morgan fingerprint density at radius 1 is 1.25 bits per heavy atom. The van der Waals surface area contributed by atoms with Crippen molar-refractivity contribution in [3.05, 3.63) is 12.2 Å². The molecule has 3 aliphatic rings. The highest BCUT2D eigenvalue weighted by molar-refractivity contribution is 5.11. The minimum absolute atomic E-state index is 0.736. The van der Waals surface area contributed by atoms with E-state index in [-0.39, 0.29) is 0 Å². The van der Waals surface area contributed by atoms with E-state index >= 15 is 0 Å². The molecule has 0 aliphatic heterocycles. The Balaban J connectivity index is 1.39. The molecule has 0 aromatic carbocycles. The first-order valence-electron chi connectivity index (χ1n) is 7.24. The highest BCUT2D eigenvalue weighted by Gasteiger charge is 2.38. The van der Waals surface area contributed by atoms with Crippen molar-refractivity contribution in [2.45, 2.75) is 51.5 Å². The van der Waals surface area contributed by atoms with Crippen LogP contribution >= 0.6 is 0 Å². The summed E-state index contributed by atoms with van der Waals surface area (Å²) in [7, 11) is 0. The highest BCUT2D eigenvalue weighted by Crippen LogP contribution is 2.44. The van der Waals surface area contributed by atoms with Crippen molar-refractivity contribution < 1.29 is 0 Å². The van der Waals surface area contributed by atoms with E-state index in [9.17, 15) is 0 Å². The summed E-state index contributed by atoms with van der Waals surface area (Å²) < 4.78 is 0. The van der Waals surface area contributed by atoms with Crippen LogP contribution in [0.25, 0.3) is 0 Å². The van der Waals surface area contributed by atoms with Crippen LogP contribution in [0.5, 0.6) is 0 Å². The molecule has 0 radical (unpaired) electrons. The quantitative estimate of drug-likeness (QED) is 0.699. The lowest BCUT2D eigenvalue weighted by atomic mass is 9.82. The van der Waals surface area contributed by atoms with Gasteiger partial charge in [0.15, 0.2) is 0 Å². The normalized spacial score (nSPS) is 38.9. The van der Waals surface area contributed by atoms with Gasteiger partial charge in [-0.15, -0.1) is 0 Å². The largest absolute Gasteiger partial charge is 0.314 e. The van der Waals surface area contributed by atoms with Gasteiger partial charge in [0.25, 0.3) is 0 Å². The van der Waals surface area contributed by atoms with E-state index in [4.69, 9.17) is 0 Å². The van der Waals surface area contributed by atoms with Gasteiger partial charge >= 0.3 is 0 Å². The Kier molecular flexibility index (Phi) is 3.06. The third-order valence-corrected chi connectivity index (χ3v) is 5.22. The number of hydrogen-bond donors (Lipinski definition) is 1. The topological polar surface area (TPSA) is 12.0 Å². The van der Waals surface area contributed by atoms with Crippen LogP contribution in [0.2, 0.25) is 0 Å². The predicted octanol–water partition coefficient (Wildman–Crippen LogP) is 3.37. The van der Waals surface area contributed by atoms with Gasteiger partial charge in [0, 0.05) is 6.04 Å². The van der Waals surface area contributed by atoms with Crippen LogP contribution in [0.1, 0.15) is 45.4 Å². The zero-order chi connectivity index (χ0) is 11.0. The number of allylic oxidation sites excluding steroid dienone is 2. The van der Waals surface area contributed by atoms with Gasteiger partial charge in [0.2, 0.25) is 0 Å². The SMILES string of the molecule is CC(NCCC1CCC1)C1CC2C=CC1C2. The maximum absolute atomic E-state index is 3.77. The number of hydrogen-bond acceptors (Lipinski definition) is 1. The van der Waals surface area contributed by atoms with Gasteiger partial charge in [-0.25, -0.2) is 0 Å². The molecule has 0 aromatic heterocycles. The van der Waals surface area contributed by atoms with Gasteiger partial charge in [0.1, 0.15) is 0 Å². The van der Waals surface area contributed by atoms with Crippen molar-refractivity contribution in [3.63, 3.8) is 0 Å². The summed E-state index contributed by atoms with van der Waals surface area (Å²) in [5.74, 6) is 3.80. The fourth-order valence-corrected chi connectivity index (χ4v) is 3.85. The second-order valence-electron chi connectivity index (χ2n) is 6.27. The maximum atomic E-state index is 3.77. The van der Waals surface area contributed by atoms with Crippen molar-refractivity contribution in [1.29, 1.82) is 0 Å². The van der Waals surface area contributed by atoms with E-state index < -0.39 is 0 Å². The van der Waals surface area contributed by atoms with E-state index in [0.717, 1.165) is 29.7 Å². The third kappa shape index (κ3) is 2.07. The first kappa shape index (κ1) is 10.8. The monoisotopic (exact) mass is 219 g/mol. The zero-order valence-electron chi connectivity index (χ0n) is 10.5. The predicted molar refractivity (Wildman–Crippen MR) is 68.3 cm³/mol. The van der Waals surface area contributed by atoms with Crippen molar-refractivity contribution in [1.82, 2.24) is 5.32 Å². The molecular formula is C15H25N. The van der Waals surface area contributed by atoms with Crippen LogP contribution in [0.4, 0.5) is 0 Å². The Hall–Kier alpha value is -0.300. The van der Waals surface area contributed by atoms with Gasteiger partial charge in [-0.05, 0) is 56.4 Å². The molecular weight excluding hydrogens is 194 g/mol. The lowest BCUT2D eigenvalue weighted by Crippen LogP contribution is -2.37. The lowest BCUT2D eigenvalue weighted by molar-refractivity contribution is 0.270. The van der Waals surface area contributed by atoms with Gasteiger partial charge in [0.05, 0.1) is 0 Å². The molecule has 0 amide bonds. The molecule has 0 aromatic rings. The second-order valence-corrected chi connectivity index (χ2v) is 6.27. The zero-order valence-corrected chi connectivity index (χ0v) is 10.5. The van der Waals surface area contributed by atoms with Gasteiger partial charge in [-0.2, -0.15) is 0 Å². The molecule has 2 fully saturated rings. The van der Waals surface area contributed by atoms with E-state index in [1.54, 1.807) is 0 Å². The van der Waals surface area contributed by atoms with Crippen molar-refractivity contribution in [3.8, 4) is 0 Å². The Labute approximate surface area is 99.7 Å². The molecule has 3 aliphatic carbocycles. The Morgan fingerprint density at radius 3 is 2.69 bits per heavy atom. The summed E-state index contributed by atoms with van der Waals surface area (Å²) in [5, 5.41) is 3.77. The van der Waals surface area contributed by atoms with Gasteiger partial charge in [-0.3, -0.25) is 0 Å². The van der Waals surface area contributed by atoms with E-state index in [1.807, 2.05) is 0 Å². The van der Waals surface area contributed by atoms with Crippen molar-refractivity contribution in [2.24, 2.45) is 23.7 Å². The molecule has 4 atom stereocenters. The number of rotatable bonds is 5. The smallest absolute Gasteiger partial charge is 0.00728 e. The first-order chi connectivity index (χ1) is 7.83. The molecule has 3 rings (SSSR count). The maximum Gasteiger partial charge on any atom is 0.00728 e. The van der Waals surface area contributed by atoms with Crippen LogP contribution in [-0.4, -0.2) is 12.6 Å². The molecule has 0 saturated heterocycles. The molecule has 1 heteroatoms. The molecule has 90 valence electrons. The fraction of sp³-hybridized carbons (Fsp3) is 0.867. The van der Waals surface area contributed by atoms with E-state index in [0.29, 0.717) is 0 Å². The summed E-state index contributed by atoms with van der Waals surface area (Å²) in [4.78, 5) is 0. The summed E-state index contributed by atoms with van der Waals surface area (Å²) in [5.41, 5.74) is 0. The average Bonchev–Trinajstić information content (AvgIpc) is 2.82. The second kappa shape index (κ2) is 4.52. The molecule has 1 N–H and O–H groups in total. The summed E-state index contributed by atoms with van der Waals surface area (Å²) in [6.45, 7) is 3.66. The lowest BCUT2D eigenvalue weighted by Gasteiger charge is -2.29. The molecule has 16 heavy (non-hydrogen) atoms. The van der Waals surface area contributed by atoms with Gasteiger partial charge in [-0.1, -0.05) is 31.4 Å². The fourth-order valence-electron chi connectivity index (χ4n) is 3.85. The van der Waals surface area contributed by atoms with Crippen LogP contribution < -0.4 is 5.32 Å². The van der Waals surface area contributed by atoms with Crippen molar-refractivity contribution in [2.75, 3.05) is 6.54 Å². The van der Waals surface area contributed by atoms with E-state index in [2.05, 4.69) is 24.4 Å². The molecule has 0 heterocycles. The van der Waals surface area contributed by atoms with Crippen LogP contribution in [0.3, 0.4) is 0 Å². The third-order valence-electron chi connectivity index (χ3n) is 5.22. The molecule has 4 unspecified atom stereocenters. The molecule has 0 spiro atoms. The molecule has 2 saturated carbocycles. The van der Waals surface area contributed by atoms with Crippen LogP contribution in [-0.2, 0) is 0 Å². The van der Waals surface area contributed by atoms with E-state index in [1.165, 1.54) is 45.1 Å².